The smallest absolute Gasteiger partial charge is 0.264 e. The maximum Gasteiger partial charge on any atom is 0.264 e. The van der Waals surface area contributed by atoms with E-state index in [9.17, 15) is 4.79 Å². The third-order valence-corrected chi connectivity index (χ3v) is 5.96. The number of hydrogen-bond donors (Lipinski definition) is 1. The van der Waals surface area contributed by atoms with E-state index in [1.165, 1.54) is 28.0 Å². The van der Waals surface area contributed by atoms with Crippen LogP contribution in [0.5, 0.6) is 5.75 Å². The first kappa shape index (κ1) is 19.7. The fraction of sp³-hybridized carbons (Fsp3) is 0.211. The summed E-state index contributed by atoms with van der Waals surface area (Å²) in [7, 11) is 0. The third kappa shape index (κ3) is 5.95. The second-order valence-corrected chi connectivity index (χ2v) is 8.52. The third-order valence-electron chi connectivity index (χ3n) is 3.69. The second kappa shape index (κ2) is 9.21. The minimum absolute atomic E-state index is 0.105. The quantitative estimate of drug-likeness (QED) is 0.425. The summed E-state index contributed by atoms with van der Waals surface area (Å²) in [5.41, 5.74) is 3.77. The average molecular weight is 420 g/mol. The maximum atomic E-state index is 12.0. The Labute approximate surface area is 171 Å². The number of ether oxygens (including phenoxy) is 1. The van der Waals surface area contributed by atoms with Gasteiger partial charge in [-0.1, -0.05) is 58.5 Å². The lowest BCUT2D eigenvalue weighted by Crippen LogP contribution is -2.20. The number of carbonyl (C=O) groups is 1. The molecule has 8 heteroatoms. The average Bonchev–Trinajstić information content (AvgIpc) is 3.09. The Morgan fingerprint density at radius 1 is 1.19 bits per heavy atom. The highest BCUT2D eigenvalue weighted by Gasteiger charge is 2.10. The molecule has 0 fully saturated rings. The summed E-state index contributed by atoms with van der Waals surface area (Å²) in [5.74, 6) is 1.11. The van der Waals surface area contributed by atoms with Gasteiger partial charge in [0.1, 0.15) is 5.75 Å². The summed E-state index contributed by atoms with van der Waals surface area (Å²) in [4.78, 5) is 12.0. The molecule has 0 atom stereocenters. The molecule has 0 aliphatic heterocycles. The number of nitrogens with one attached hydrogen (secondary N) is 1. The lowest BCUT2D eigenvalue weighted by molar-refractivity contribution is -0.118. The molecule has 0 spiro atoms. The van der Waals surface area contributed by atoms with Crippen LogP contribution in [0.3, 0.4) is 0 Å². The number of halogens is 1. The molecule has 3 aromatic rings. The van der Waals surface area contributed by atoms with Crippen LogP contribution in [0.15, 0.2) is 46.8 Å². The van der Waals surface area contributed by atoms with Gasteiger partial charge in [-0.3, -0.25) is 10.1 Å². The summed E-state index contributed by atoms with van der Waals surface area (Å²) < 4.78 is 6.22. The van der Waals surface area contributed by atoms with Crippen LogP contribution in [0.2, 0.25) is 5.02 Å². The van der Waals surface area contributed by atoms with Gasteiger partial charge in [-0.25, -0.2) is 0 Å². The number of benzene rings is 2. The van der Waals surface area contributed by atoms with Crippen molar-refractivity contribution in [1.82, 2.24) is 10.2 Å². The molecule has 1 heterocycles. The highest BCUT2D eigenvalue weighted by atomic mass is 35.5. The largest absolute Gasteiger partial charge is 0.484 e. The molecular weight excluding hydrogens is 402 g/mol. The molecule has 5 nitrogen and oxygen atoms in total. The molecule has 0 saturated heterocycles. The van der Waals surface area contributed by atoms with Gasteiger partial charge in [0.15, 0.2) is 10.9 Å². The zero-order chi connectivity index (χ0) is 19.2. The molecule has 1 N–H and O–H groups in total. The van der Waals surface area contributed by atoms with E-state index in [0.29, 0.717) is 15.9 Å². The number of aryl methyl sites for hydroxylation is 2. The number of nitrogens with zero attached hydrogens (tertiary/aromatic N) is 2. The van der Waals surface area contributed by atoms with Gasteiger partial charge in [-0.2, -0.15) is 0 Å². The van der Waals surface area contributed by atoms with Crippen molar-refractivity contribution < 1.29 is 9.53 Å². The first-order valence-corrected chi connectivity index (χ1v) is 10.4. The van der Waals surface area contributed by atoms with Crippen LogP contribution in [0.1, 0.15) is 16.7 Å². The van der Waals surface area contributed by atoms with Crippen molar-refractivity contribution in [2.24, 2.45) is 0 Å². The molecule has 1 amide bonds. The van der Waals surface area contributed by atoms with E-state index in [4.69, 9.17) is 16.3 Å². The zero-order valence-corrected chi connectivity index (χ0v) is 17.2. The van der Waals surface area contributed by atoms with E-state index >= 15 is 0 Å². The normalized spacial score (nSPS) is 10.6. The predicted octanol–water partition coefficient (Wildman–Crippen LogP) is 5.12. The maximum absolute atomic E-state index is 12.0. The van der Waals surface area contributed by atoms with Crippen LogP contribution in [0.4, 0.5) is 5.13 Å². The van der Waals surface area contributed by atoms with Gasteiger partial charge in [0, 0.05) is 10.8 Å². The zero-order valence-electron chi connectivity index (χ0n) is 14.9. The van der Waals surface area contributed by atoms with Crippen molar-refractivity contribution in [1.29, 1.82) is 0 Å². The van der Waals surface area contributed by atoms with E-state index < -0.39 is 0 Å². The van der Waals surface area contributed by atoms with Gasteiger partial charge in [-0.05, 0) is 49.2 Å². The van der Waals surface area contributed by atoms with Gasteiger partial charge in [-0.15, -0.1) is 10.2 Å². The standard InChI is InChI=1S/C19H18ClN3O2S2/c1-12-3-4-13(2)14(9-12)11-26-19-23-22-18(27-19)21-17(24)10-25-16-7-5-15(20)6-8-16/h3-9H,10-11H2,1-2H3,(H,21,22,24). The lowest BCUT2D eigenvalue weighted by atomic mass is 10.1. The predicted molar refractivity (Wildman–Crippen MR) is 111 cm³/mol. The van der Waals surface area contributed by atoms with Gasteiger partial charge in [0.2, 0.25) is 5.13 Å². The molecule has 140 valence electrons. The van der Waals surface area contributed by atoms with Gasteiger partial charge >= 0.3 is 0 Å². The van der Waals surface area contributed by atoms with Crippen molar-refractivity contribution >= 4 is 45.7 Å². The highest BCUT2D eigenvalue weighted by Crippen LogP contribution is 2.29. The van der Waals surface area contributed by atoms with Crippen molar-refractivity contribution in [3.05, 3.63) is 64.2 Å². The van der Waals surface area contributed by atoms with E-state index in [1.54, 1.807) is 36.0 Å². The summed E-state index contributed by atoms with van der Waals surface area (Å²) in [6.07, 6.45) is 0. The number of anilines is 1. The molecule has 0 saturated carbocycles. The molecule has 0 bridgehead atoms. The molecule has 27 heavy (non-hydrogen) atoms. The molecule has 0 aliphatic carbocycles. The van der Waals surface area contributed by atoms with Crippen molar-refractivity contribution in [2.75, 3.05) is 11.9 Å². The SMILES string of the molecule is Cc1ccc(C)c(CSc2nnc(NC(=O)COc3ccc(Cl)cc3)s2)c1. The fourth-order valence-corrected chi connectivity index (χ4v) is 4.21. The highest BCUT2D eigenvalue weighted by molar-refractivity contribution is 8.00. The van der Waals surface area contributed by atoms with E-state index in [0.717, 1.165) is 10.1 Å². The molecule has 0 aliphatic rings. The molecule has 0 radical (unpaired) electrons. The van der Waals surface area contributed by atoms with Gasteiger partial charge < -0.3 is 4.74 Å². The van der Waals surface area contributed by atoms with Crippen molar-refractivity contribution in [2.45, 2.75) is 23.9 Å². The molecule has 3 rings (SSSR count). The van der Waals surface area contributed by atoms with Crippen LogP contribution in [0.25, 0.3) is 0 Å². The van der Waals surface area contributed by atoms with E-state index in [2.05, 4.69) is 47.6 Å². The molecule has 1 aromatic heterocycles. The van der Waals surface area contributed by atoms with Crippen LogP contribution < -0.4 is 10.1 Å². The molecule has 2 aromatic carbocycles. The van der Waals surface area contributed by atoms with E-state index in [1.807, 2.05) is 0 Å². The number of hydrogen-bond acceptors (Lipinski definition) is 6. The molecule has 0 unspecified atom stereocenters. The number of carbonyl (C=O) groups excluding carboxylic acids is 1. The van der Waals surface area contributed by atoms with Crippen molar-refractivity contribution in [3.8, 4) is 5.75 Å². The van der Waals surface area contributed by atoms with Crippen LogP contribution in [-0.4, -0.2) is 22.7 Å². The Morgan fingerprint density at radius 3 is 2.74 bits per heavy atom. The number of rotatable bonds is 7. The number of thioether (sulfide) groups is 1. The minimum atomic E-state index is -0.285. The monoisotopic (exact) mass is 419 g/mol. The minimum Gasteiger partial charge on any atom is -0.484 e. The van der Waals surface area contributed by atoms with E-state index in [-0.39, 0.29) is 12.5 Å². The van der Waals surface area contributed by atoms with Crippen LogP contribution >= 0.6 is 34.7 Å². The Bertz CT molecular complexity index is 929. The Hall–Kier alpha value is -2.09. The summed E-state index contributed by atoms with van der Waals surface area (Å²) in [5, 5.41) is 11.9. The van der Waals surface area contributed by atoms with Crippen molar-refractivity contribution in [3.63, 3.8) is 0 Å². The Balaban J connectivity index is 1.49. The fourth-order valence-electron chi connectivity index (χ4n) is 2.25. The Kier molecular flexibility index (Phi) is 6.71. The summed E-state index contributed by atoms with van der Waals surface area (Å²) in [6.45, 7) is 4.08. The lowest BCUT2D eigenvalue weighted by Gasteiger charge is -2.05. The molecular formula is C19H18ClN3O2S2. The van der Waals surface area contributed by atoms with Gasteiger partial charge in [0.05, 0.1) is 0 Å². The number of aromatic nitrogens is 2. The topological polar surface area (TPSA) is 64.1 Å². The summed E-state index contributed by atoms with van der Waals surface area (Å²) >= 11 is 8.77. The first-order valence-electron chi connectivity index (χ1n) is 8.20. The first-order chi connectivity index (χ1) is 13.0. The van der Waals surface area contributed by atoms with Gasteiger partial charge in [0.25, 0.3) is 5.91 Å². The summed E-state index contributed by atoms with van der Waals surface area (Å²) in [6, 6.07) is 13.2. The van der Waals surface area contributed by atoms with Crippen LogP contribution in [0, 0.1) is 13.8 Å². The Morgan fingerprint density at radius 2 is 1.96 bits per heavy atom. The van der Waals surface area contributed by atoms with Crippen LogP contribution in [-0.2, 0) is 10.5 Å². The number of amides is 1. The second-order valence-electron chi connectivity index (χ2n) is 5.88.